The molecule has 1 aromatic carbocycles. The summed E-state index contributed by atoms with van der Waals surface area (Å²) in [6.07, 6.45) is 0. The van der Waals surface area contributed by atoms with Crippen molar-refractivity contribution in [1.82, 2.24) is 30.0 Å². The highest BCUT2D eigenvalue weighted by Gasteiger charge is 2.15. The van der Waals surface area contributed by atoms with E-state index in [4.69, 9.17) is 9.26 Å². The van der Waals surface area contributed by atoms with Gasteiger partial charge in [-0.1, -0.05) is 23.0 Å². The molecule has 0 aliphatic heterocycles. The van der Waals surface area contributed by atoms with E-state index in [2.05, 4.69) is 25.4 Å². The number of nitrogens with zero attached hydrogens (tertiary/aromatic N) is 5. The minimum Gasteiger partial charge on any atom is -0.497 e. The standard InChI is InChI=1S/C19H14N6O3S2/c1-27-12-6-4-11(5-7-12)17-20-16(28-24-17)10-30-19-22-21-18(26)14-9-13(23-25(14)19)15-3-2-8-29-15/h2-9H,10H2,1H3,(H,21,26). The highest BCUT2D eigenvalue weighted by molar-refractivity contribution is 7.98. The van der Waals surface area contributed by atoms with Crippen molar-refractivity contribution in [3.05, 3.63) is 64.1 Å². The third kappa shape index (κ3) is 3.48. The van der Waals surface area contributed by atoms with Crippen molar-refractivity contribution >= 4 is 28.6 Å². The average molecular weight is 438 g/mol. The number of thiophene rings is 1. The van der Waals surface area contributed by atoms with Crippen LogP contribution in [0.5, 0.6) is 5.75 Å². The Hall–Kier alpha value is -3.44. The predicted molar refractivity (Wildman–Crippen MR) is 113 cm³/mol. The molecule has 0 aliphatic rings. The zero-order valence-corrected chi connectivity index (χ0v) is 17.2. The van der Waals surface area contributed by atoms with Gasteiger partial charge >= 0.3 is 0 Å². The number of hydrogen-bond acceptors (Lipinski definition) is 9. The Kier molecular flexibility index (Phi) is 4.81. The van der Waals surface area contributed by atoms with Crippen LogP contribution < -0.4 is 10.3 Å². The zero-order valence-electron chi connectivity index (χ0n) is 15.6. The molecule has 150 valence electrons. The van der Waals surface area contributed by atoms with Crippen LogP contribution in [0, 0.1) is 0 Å². The molecule has 4 heterocycles. The first-order valence-corrected chi connectivity index (χ1v) is 10.7. The van der Waals surface area contributed by atoms with Crippen molar-refractivity contribution in [2.24, 2.45) is 0 Å². The van der Waals surface area contributed by atoms with E-state index >= 15 is 0 Å². The number of rotatable bonds is 6. The molecular weight excluding hydrogens is 424 g/mol. The first-order valence-electron chi connectivity index (χ1n) is 8.83. The van der Waals surface area contributed by atoms with Gasteiger partial charge in [0.25, 0.3) is 5.56 Å². The Morgan fingerprint density at radius 1 is 1.27 bits per heavy atom. The van der Waals surface area contributed by atoms with Crippen LogP contribution in [0.2, 0.25) is 0 Å². The monoisotopic (exact) mass is 438 g/mol. The summed E-state index contributed by atoms with van der Waals surface area (Å²) in [6.45, 7) is 0. The van der Waals surface area contributed by atoms with Crippen LogP contribution in [0.4, 0.5) is 0 Å². The number of aromatic amines is 1. The van der Waals surface area contributed by atoms with E-state index in [1.165, 1.54) is 11.8 Å². The third-order valence-corrected chi connectivity index (χ3v) is 6.10. The molecule has 1 N–H and O–H groups in total. The summed E-state index contributed by atoms with van der Waals surface area (Å²) in [5, 5.41) is 17.7. The summed E-state index contributed by atoms with van der Waals surface area (Å²) in [6, 6.07) is 13.1. The van der Waals surface area contributed by atoms with Crippen LogP contribution in [0.15, 0.2) is 62.3 Å². The number of thioether (sulfide) groups is 1. The Bertz CT molecular complexity index is 1360. The van der Waals surface area contributed by atoms with Gasteiger partial charge in [-0.3, -0.25) is 4.79 Å². The van der Waals surface area contributed by atoms with E-state index in [0.717, 1.165) is 21.9 Å². The molecule has 0 bridgehead atoms. The quantitative estimate of drug-likeness (QED) is 0.401. The third-order valence-electron chi connectivity index (χ3n) is 4.29. The topological polar surface area (TPSA) is 111 Å². The molecule has 0 saturated heterocycles. The van der Waals surface area contributed by atoms with Crippen molar-refractivity contribution in [3.8, 4) is 27.7 Å². The fraction of sp³-hybridized carbons (Fsp3) is 0.105. The normalized spacial score (nSPS) is 11.2. The molecule has 9 nitrogen and oxygen atoms in total. The fourth-order valence-electron chi connectivity index (χ4n) is 2.83. The molecule has 0 unspecified atom stereocenters. The summed E-state index contributed by atoms with van der Waals surface area (Å²) in [5.41, 5.74) is 1.69. The molecule has 0 radical (unpaired) electrons. The van der Waals surface area contributed by atoms with Gasteiger partial charge in [-0.25, -0.2) is 9.61 Å². The van der Waals surface area contributed by atoms with Gasteiger partial charge in [-0.05, 0) is 41.8 Å². The summed E-state index contributed by atoms with van der Waals surface area (Å²) in [4.78, 5) is 17.6. The average Bonchev–Trinajstić information content (AvgIpc) is 3.54. The van der Waals surface area contributed by atoms with E-state index in [1.807, 2.05) is 41.8 Å². The van der Waals surface area contributed by atoms with Gasteiger partial charge in [0.05, 0.1) is 17.7 Å². The molecular formula is C19H14N6O3S2. The largest absolute Gasteiger partial charge is 0.497 e. The van der Waals surface area contributed by atoms with Gasteiger partial charge in [0.2, 0.25) is 16.9 Å². The van der Waals surface area contributed by atoms with Crippen molar-refractivity contribution in [1.29, 1.82) is 0 Å². The number of nitrogens with one attached hydrogen (secondary N) is 1. The summed E-state index contributed by atoms with van der Waals surface area (Å²) in [7, 11) is 1.61. The Morgan fingerprint density at radius 3 is 2.90 bits per heavy atom. The van der Waals surface area contributed by atoms with E-state index in [1.54, 1.807) is 29.0 Å². The number of H-pyrrole nitrogens is 1. The lowest BCUT2D eigenvalue weighted by molar-refractivity contribution is 0.391. The Labute approximate surface area is 177 Å². The molecule has 11 heteroatoms. The van der Waals surface area contributed by atoms with Crippen molar-refractivity contribution < 1.29 is 9.26 Å². The molecule has 0 saturated carbocycles. The lowest BCUT2D eigenvalue weighted by atomic mass is 10.2. The molecule has 0 aliphatic carbocycles. The van der Waals surface area contributed by atoms with E-state index < -0.39 is 0 Å². The highest BCUT2D eigenvalue weighted by Crippen LogP contribution is 2.27. The summed E-state index contributed by atoms with van der Waals surface area (Å²) >= 11 is 2.90. The molecule has 5 aromatic rings. The number of benzene rings is 1. The fourth-order valence-corrected chi connectivity index (χ4v) is 4.25. The molecule has 4 aromatic heterocycles. The zero-order chi connectivity index (χ0) is 20.5. The van der Waals surface area contributed by atoms with E-state index in [9.17, 15) is 4.79 Å². The second-order valence-electron chi connectivity index (χ2n) is 6.17. The molecule has 0 amide bonds. The van der Waals surface area contributed by atoms with Gasteiger partial charge in [-0.2, -0.15) is 10.1 Å². The number of fused-ring (bicyclic) bond motifs is 1. The number of aromatic nitrogens is 6. The van der Waals surface area contributed by atoms with Gasteiger partial charge in [0, 0.05) is 5.56 Å². The molecule has 30 heavy (non-hydrogen) atoms. The van der Waals surface area contributed by atoms with Gasteiger partial charge in [0.15, 0.2) is 0 Å². The predicted octanol–water partition coefficient (Wildman–Crippen LogP) is 3.50. The minimum absolute atomic E-state index is 0.297. The maximum absolute atomic E-state index is 12.2. The molecule has 0 fully saturated rings. The first-order chi connectivity index (χ1) is 14.7. The maximum Gasteiger partial charge on any atom is 0.290 e. The lowest BCUT2D eigenvalue weighted by Gasteiger charge is -2.00. The van der Waals surface area contributed by atoms with Crippen LogP contribution in [-0.4, -0.2) is 37.1 Å². The Balaban J connectivity index is 1.38. The van der Waals surface area contributed by atoms with E-state index in [-0.39, 0.29) is 5.56 Å². The second-order valence-corrected chi connectivity index (χ2v) is 8.06. The van der Waals surface area contributed by atoms with E-state index in [0.29, 0.717) is 28.1 Å². The smallest absolute Gasteiger partial charge is 0.290 e. The molecule has 5 rings (SSSR count). The number of ether oxygens (including phenoxy) is 1. The van der Waals surface area contributed by atoms with Crippen LogP contribution in [0.1, 0.15) is 5.89 Å². The van der Waals surface area contributed by atoms with Crippen molar-refractivity contribution in [2.75, 3.05) is 7.11 Å². The summed E-state index contributed by atoms with van der Waals surface area (Å²) in [5.74, 6) is 2.07. The van der Waals surface area contributed by atoms with Crippen LogP contribution in [0.25, 0.3) is 27.5 Å². The van der Waals surface area contributed by atoms with Crippen molar-refractivity contribution in [2.45, 2.75) is 10.9 Å². The number of methoxy groups -OCH3 is 1. The van der Waals surface area contributed by atoms with Crippen LogP contribution in [-0.2, 0) is 5.75 Å². The summed E-state index contributed by atoms with van der Waals surface area (Å²) < 4.78 is 12.1. The molecule has 0 atom stereocenters. The second kappa shape index (κ2) is 7.76. The number of hydrogen-bond donors (Lipinski definition) is 1. The van der Waals surface area contributed by atoms with Gasteiger partial charge in [0.1, 0.15) is 17.0 Å². The lowest BCUT2D eigenvalue weighted by Crippen LogP contribution is -2.13. The van der Waals surface area contributed by atoms with Crippen molar-refractivity contribution in [3.63, 3.8) is 0 Å². The first kappa shape index (κ1) is 18.6. The maximum atomic E-state index is 12.2. The van der Waals surface area contributed by atoms with Crippen LogP contribution in [0.3, 0.4) is 0 Å². The minimum atomic E-state index is -0.297. The highest BCUT2D eigenvalue weighted by atomic mass is 32.2. The Morgan fingerprint density at radius 2 is 2.13 bits per heavy atom. The van der Waals surface area contributed by atoms with Gasteiger partial charge < -0.3 is 9.26 Å². The van der Waals surface area contributed by atoms with Crippen LogP contribution >= 0.6 is 23.1 Å². The molecule has 0 spiro atoms. The van der Waals surface area contributed by atoms with Gasteiger partial charge in [-0.15, -0.1) is 16.4 Å². The SMILES string of the molecule is COc1ccc(-c2noc(CSc3n[nH]c(=O)c4cc(-c5cccs5)nn34)n2)cc1.